The van der Waals surface area contributed by atoms with Crippen molar-refractivity contribution in [3.8, 4) is 5.75 Å². The van der Waals surface area contributed by atoms with Crippen molar-refractivity contribution in [3.05, 3.63) is 59.9 Å². The van der Waals surface area contributed by atoms with E-state index < -0.39 is 18.3 Å². The van der Waals surface area contributed by atoms with Crippen LogP contribution in [0, 0.1) is 5.82 Å². The minimum Gasteiger partial charge on any atom is -0.489 e. The molecule has 0 fully saturated rings. The molecule has 0 saturated carbocycles. The zero-order valence-electron chi connectivity index (χ0n) is 11.6. The van der Waals surface area contributed by atoms with Crippen LogP contribution in [0.15, 0.2) is 48.5 Å². The van der Waals surface area contributed by atoms with Gasteiger partial charge in [-0.3, -0.25) is 9.59 Å². The highest BCUT2D eigenvalue weighted by Gasteiger charge is 2.07. The molecule has 114 valence electrons. The fraction of sp³-hybridized carbons (Fsp3) is 0.125. The molecule has 0 aliphatic heterocycles. The molecule has 1 amide bonds. The van der Waals surface area contributed by atoms with Crippen LogP contribution < -0.4 is 10.1 Å². The number of nitrogens with one attached hydrogen (secondary N) is 1. The fourth-order valence-corrected chi connectivity index (χ4v) is 1.72. The number of carboxylic acid groups (broad SMARTS) is 1. The Bertz CT molecular complexity index is 653. The highest BCUT2D eigenvalue weighted by molar-refractivity contribution is 6.01. The van der Waals surface area contributed by atoms with E-state index in [1.807, 2.05) is 0 Å². The Kier molecular flexibility index (Phi) is 5.08. The summed E-state index contributed by atoms with van der Waals surface area (Å²) in [5.41, 5.74) is 1.32. The van der Waals surface area contributed by atoms with Gasteiger partial charge in [0.2, 0.25) is 5.91 Å². The van der Waals surface area contributed by atoms with Crippen molar-refractivity contribution in [2.45, 2.75) is 13.0 Å². The molecular formula is C16H14FNO4. The summed E-state index contributed by atoms with van der Waals surface area (Å²) in [7, 11) is 0. The van der Waals surface area contributed by atoms with Crippen molar-refractivity contribution in [3.63, 3.8) is 0 Å². The molecule has 0 spiro atoms. The van der Waals surface area contributed by atoms with Gasteiger partial charge >= 0.3 is 5.97 Å². The molecule has 0 unspecified atom stereocenters. The molecule has 0 aromatic heterocycles. The number of amides is 1. The van der Waals surface area contributed by atoms with Crippen LogP contribution in [0.4, 0.5) is 10.1 Å². The molecule has 0 bridgehead atoms. The number of anilines is 1. The topological polar surface area (TPSA) is 75.6 Å². The van der Waals surface area contributed by atoms with Crippen molar-refractivity contribution < 1.29 is 23.8 Å². The lowest BCUT2D eigenvalue weighted by atomic mass is 10.2. The summed E-state index contributed by atoms with van der Waals surface area (Å²) in [6, 6.07) is 12.5. The molecule has 2 N–H and O–H groups in total. The number of hydrogen-bond acceptors (Lipinski definition) is 3. The average molecular weight is 303 g/mol. The number of halogens is 1. The third-order valence-electron chi connectivity index (χ3n) is 2.77. The Hall–Kier alpha value is -2.89. The zero-order chi connectivity index (χ0) is 15.9. The Labute approximate surface area is 126 Å². The first-order chi connectivity index (χ1) is 10.5. The number of ether oxygens (including phenoxy) is 1. The van der Waals surface area contributed by atoms with E-state index in [4.69, 9.17) is 9.84 Å². The van der Waals surface area contributed by atoms with Gasteiger partial charge in [0.15, 0.2) is 0 Å². The molecule has 22 heavy (non-hydrogen) atoms. The predicted molar refractivity (Wildman–Crippen MR) is 78.1 cm³/mol. The van der Waals surface area contributed by atoms with E-state index in [2.05, 4.69) is 5.32 Å². The van der Waals surface area contributed by atoms with Crippen molar-refractivity contribution in [2.24, 2.45) is 0 Å². The van der Waals surface area contributed by atoms with Gasteiger partial charge in [-0.05, 0) is 42.0 Å². The molecule has 0 heterocycles. The van der Waals surface area contributed by atoms with Gasteiger partial charge in [0, 0.05) is 5.69 Å². The maximum Gasteiger partial charge on any atom is 0.312 e. The first kappa shape index (κ1) is 15.5. The van der Waals surface area contributed by atoms with Crippen LogP contribution in [-0.2, 0) is 16.2 Å². The Balaban J connectivity index is 1.87. The van der Waals surface area contributed by atoms with Crippen molar-refractivity contribution in [1.29, 1.82) is 0 Å². The predicted octanol–water partition coefficient (Wildman–Crippen LogP) is 2.82. The van der Waals surface area contributed by atoms with Crippen LogP contribution in [0.25, 0.3) is 0 Å². The number of carboxylic acids is 1. The number of benzene rings is 2. The molecule has 0 aliphatic rings. The number of aliphatic carboxylic acids is 1. The molecule has 0 radical (unpaired) electrons. The molecular weight excluding hydrogens is 289 g/mol. The first-order valence-electron chi connectivity index (χ1n) is 6.52. The second-order valence-electron chi connectivity index (χ2n) is 4.56. The summed E-state index contributed by atoms with van der Waals surface area (Å²) in [6.45, 7) is 0.297. The van der Waals surface area contributed by atoms with Crippen LogP contribution in [0.2, 0.25) is 0 Å². The normalized spacial score (nSPS) is 10.0. The lowest BCUT2D eigenvalue weighted by Gasteiger charge is -2.08. The fourth-order valence-electron chi connectivity index (χ4n) is 1.72. The highest BCUT2D eigenvalue weighted by atomic mass is 19.1. The number of carbonyl (C=O) groups excluding carboxylic acids is 1. The molecule has 0 aliphatic carbocycles. The lowest BCUT2D eigenvalue weighted by molar-refractivity contribution is -0.139. The maximum atomic E-state index is 12.8. The van der Waals surface area contributed by atoms with Gasteiger partial charge in [0.1, 0.15) is 24.6 Å². The van der Waals surface area contributed by atoms with Gasteiger partial charge in [-0.25, -0.2) is 4.39 Å². The molecule has 6 heteroatoms. The van der Waals surface area contributed by atoms with Gasteiger partial charge in [0.25, 0.3) is 0 Å². The SMILES string of the molecule is O=C(O)CC(=O)Nc1ccc(OCc2ccc(F)cc2)cc1. The molecule has 2 rings (SSSR count). The Morgan fingerprint density at radius 1 is 1.05 bits per heavy atom. The number of hydrogen-bond donors (Lipinski definition) is 2. The van der Waals surface area contributed by atoms with Crippen LogP contribution in [0.1, 0.15) is 12.0 Å². The summed E-state index contributed by atoms with van der Waals surface area (Å²) in [5, 5.41) is 11.0. The van der Waals surface area contributed by atoms with E-state index in [1.54, 1.807) is 36.4 Å². The average Bonchev–Trinajstić information content (AvgIpc) is 2.47. The number of rotatable bonds is 6. The second-order valence-corrected chi connectivity index (χ2v) is 4.56. The summed E-state index contributed by atoms with van der Waals surface area (Å²) in [4.78, 5) is 21.7. The molecule has 5 nitrogen and oxygen atoms in total. The standard InChI is InChI=1S/C16H14FNO4/c17-12-3-1-11(2-4-12)10-22-14-7-5-13(6-8-14)18-15(19)9-16(20)21/h1-8H,9-10H2,(H,18,19)(H,20,21). The van der Waals surface area contributed by atoms with E-state index in [0.717, 1.165) is 5.56 Å². The summed E-state index contributed by atoms with van der Waals surface area (Å²) in [6.07, 6.45) is -0.581. The van der Waals surface area contributed by atoms with Crippen molar-refractivity contribution in [2.75, 3.05) is 5.32 Å². The third-order valence-corrected chi connectivity index (χ3v) is 2.77. The number of carbonyl (C=O) groups is 2. The molecule has 0 atom stereocenters. The van der Waals surface area contributed by atoms with Crippen LogP contribution in [-0.4, -0.2) is 17.0 Å². The summed E-state index contributed by atoms with van der Waals surface area (Å²) in [5.74, 6) is -1.49. The highest BCUT2D eigenvalue weighted by Crippen LogP contribution is 2.17. The molecule has 2 aromatic rings. The molecule has 0 saturated heterocycles. The van der Waals surface area contributed by atoms with Crippen molar-refractivity contribution in [1.82, 2.24) is 0 Å². The van der Waals surface area contributed by atoms with Gasteiger partial charge in [-0.1, -0.05) is 12.1 Å². The van der Waals surface area contributed by atoms with Gasteiger partial charge in [-0.2, -0.15) is 0 Å². The van der Waals surface area contributed by atoms with Gasteiger partial charge < -0.3 is 15.2 Å². The monoisotopic (exact) mass is 303 g/mol. The Morgan fingerprint density at radius 2 is 1.68 bits per heavy atom. The Morgan fingerprint density at radius 3 is 2.27 bits per heavy atom. The quantitative estimate of drug-likeness (QED) is 0.805. The lowest BCUT2D eigenvalue weighted by Crippen LogP contribution is -2.15. The van der Waals surface area contributed by atoms with E-state index in [9.17, 15) is 14.0 Å². The van der Waals surface area contributed by atoms with Crippen LogP contribution in [0.3, 0.4) is 0 Å². The first-order valence-corrected chi connectivity index (χ1v) is 6.52. The van der Waals surface area contributed by atoms with Gasteiger partial charge in [-0.15, -0.1) is 0 Å². The van der Waals surface area contributed by atoms with Crippen molar-refractivity contribution >= 4 is 17.6 Å². The maximum absolute atomic E-state index is 12.8. The second kappa shape index (κ2) is 7.21. The smallest absolute Gasteiger partial charge is 0.312 e. The van der Waals surface area contributed by atoms with E-state index in [0.29, 0.717) is 18.0 Å². The van der Waals surface area contributed by atoms with E-state index in [-0.39, 0.29) is 5.82 Å². The molecule has 2 aromatic carbocycles. The van der Waals surface area contributed by atoms with Gasteiger partial charge in [0.05, 0.1) is 0 Å². The summed E-state index contributed by atoms with van der Waals surface area (Å²) < 4.78 is 18.3. The van der Waals surface area contributed by atoms with Crippen LogP contribution in [0.5, 0.6) is 5.75 Å². The van der Waals surface area contributed by atoms with E-state index in [1.165, 1.54) is 12.1 Å². The van der Waals surface area contributed by atoms with E-state index >= 15 is 0 Å². The van der Waals surface area contributed by atoms with Crippen LogP contribution >= 0.6 is 0 Å². The third kappa shape index (κ3) is 4.90. The zero-order valence-corrected chi connectivity index (χ0v) is 11.6. The minimum absolute atomic E-state index is 0.297. The minimum atomic E-state index is -1.18. The largest absolute Gasteiger partial charge is 0.489 e. The summed E-state index contributed by atoms with van der Waals surface area (Å²) >= 11 is 0.